The highest BCUT2D eigenvalue weighted by molar-refractivity contribution is 6.03. The highest BCUT2D eigenvalue weighted by Crippen LogP contribution is 2.30. The Bertz CT molecular complexity index is 981. The number of fused-ring (bicyclic) bond motifs is 1. The van der Waals surface area contributed by atoms with E-state index in [0.29, 0.717) is 22.3 Å². The fourth-order valence-electron chi connectivity index (χ4n) is 2.75. The van der Waals surface area contributed by atoms with Crippen LogP contribution in [0.4, 0.5) is 15.8 Å². The second-order valence-electron chi connectivity index (χ2n) is 5.32. The van der Waals surface area contributed by atoms with E-state index in [-0.39, 0.29) is 11.6 Å². The van der Waals surface area contributed by atoms with E-state index < -0.39 is 11.4 Å². The van der Waals surface area contributed by atoms with Crippen molar-refractivity contribution >= 4 is 28.2 Å². The van der Waals surface area contributed by atoms with E-state index in [1.54, 1.807) is 37.4 Å². The topological polar surface area (TPSA) is 63.1 Å². The molecule has 24 heavy (non-hydrogen) atoms. The summed E-state index contributed by atoms with van der Waals surface area (Å²) in [7, 11) is 1.65. The van der Waals surface area contributed by atoms with Crippen molar-refractivity contribution in [1.82, 2.24) is 4.57 Å². The smallest absolute Gasteiger partial charge is 0.281 e. The Morgan fingerprint density at radius 1 is 1.08 bits per heavy atom. The summed E-state index contributed by atoms with van der Waals surface area (Å²) in [4.78, 5) is 24.5. The molecule has 0 atom stereocenters. The Morgan fingerprint density at radius 3 is 2.42 bits per heavy atom. The molecule has 6 heteroatoms. The lowest BCUT2D eigenvalue weighted by Crippen LogP contribution is -2.26. The monoisotopic (exact) mass is 325 g/mol. The van der Waals surface area contributed by atoms with Gasteiger partial charge in [-0.05, 0) is 30.3 Å². The molecule has 3 aromatic rings. The van der Waals surface area contributed by atoms with Crippen molar-refractivity contribution in [3.8, 4) is 5.69 Å². The van der Waals surface area contributed by atoms with E-state index in [1.165, 1.54) is 23.6 Å². The van der Waals surface area contributed by atoms with Gasteiger partial charge in [-0.3, -0.25) is 14.2 Å². The van der Waals surface area contributed by atoms with Gasteiger partial charge in [-0.15, -0.1) is 0 Å². The number of benzene rings is 2. The predicted octanol–water partition coefficient (Wildman–Crippen LogP) is 3.13. The number of nitrogens with one attached hydrogen (secondary N) is 2. The third-order valence-electron chi connectivity index (χ3n) is 3.70. The number of hydrogen-bond acceptors (Lipinski definition) is 3. The average molecular weight is 325 g/mol. The highest BCUT2D eigenvalue weighted by Gasteiger charge is 2.18. The van der Waals surface area contributed by atoms with Crippen molar-refractivity contribution in [3.05, 3.63) is 64.7 Å². The van der Waals surface area contributed by atoms with Gasteiger partial charge in [0.25, 0.3) is 5.56 Å². The Kier molecular flexibility index (Phi) is 4.04. The van der Waals surface area contributed by atoms with E-state index in [4.69, 9.17) is 0 Å². The zero-order chi connectivity index (χ0) is 17.3. The molecule has 0 aliphatic heterocycles. The van der Waals surface area contributed by atoms with Crippen LogP contribution in [0.2, 0.25) is 0 Å². The van der Waals surface area contributed by atoms with Crippen LogP contribution in [-0.4, -0.2) is 17.5 Å². The number of hydrogen-bond donors (Lipinski definition) is 2. The van der Waals surface area contributed by atoms with Gasteiger partial charge in [-0.1, -0.05) is 18.2 Å². The summed E-state index contributed by atoms with van der Waals surface area (Å²) >= 11 is 0. The van der Waals surface area contributed by atoms with Gasteiger partial charge in [0, 0.05) is 25.0 Å². The number of amides is 1. The predicted molar refractivity (Wildman–Crippen MR) is 93.4 cm³/mol. The molecule has 2 N–H and O–H groups in total. The van der Waals surface area contributed by atoms with Crippen LogP contribution in [-0.2, 0) is 4.79 Å². The number of nitrogens with zero attached hydrogens (tertiary/aromatic N) is 1. The van der Waals surface area contributed by atoms with Crippen LogP contribution >= 0.6 is 0 Å². The van der Waals surface area contributed by atoms with Crippen LogP contribution < -0.4 is 16.2 Å². The number of pyridine rings is 1. The van der Waals surface area contributed by atoms with E-state index in [2.05, 4.69) is 10.6 Å². The van der Waals surface area contributed by atoms with Crippen molar-refractivity contribution in [2.24, 2.45) is 0 Å². The van der Waals surface area contributed by atoms with Gasteiger partial charge in [0.2, 0.25) is 5.91 Å². The molecule has 0 aliphatic rings. The molecule has 0 radical (unpaired) electrons. The van der Waals surface area contributed by atoms with Gasteiger partial charge in [-0.25, -0.2) is 4.39 Å². The van der Waals surface area contributed by atoms with Crippen LogP contribution in [0.25, 0.3) is 16.6 Å². The molecule has 1 amide bonds. The average Bonchev–Trinajstić information content (AvgIpc) is 2.56. The van der Waals surface area contributed by atoms with Crippen LogP contribution in [0.15, 0.2) is 53.3 Å². The van der Waals surface area contributed by atoms with Gasteiger partial charge < -0.3 is 10.6 Å². The third kappa shape index (κ3) is 2.62. The Balaban J connectivity index is 2.49. The van der Waals surface area contributed by atoms with Crippen LogP contribution in [0, 0.1) is 5.82 Å². The number of carbonyl (C=O) groups excluding carboxylic acids is 1. The van der Waals surface area contributed by atoms with Crippen molar-refractivity contribution in [2.75, 3.05) is 17.7 Å². The van der Waals surface area contributed by atoms with E-state index in [9.17, 15) is 14.0 Å². The minimum absolute atomic E-state index is 0.132. The number of rotatable bonds is 3. The normalized spacial score (nSPS) is 10.6. The fourth-order valence-corrected chi connectivity index (χ4v) is 2.75. The molecule has 2 aromatic carbocycles. The van der Waals surface area contributed by atoms with Gasteiger partial charge in [0.1, 0.15) is 11.5 Å². The molecule has 1 heterocycles. The zero-order valence-electron chi connectivity index (χ0n) is 13.3. The number of carbonyl (C=O) groups is 1. The summed E-state index contributed by atoms with van der Waals surface area (Å²) in [5.41, 5.74) is 1.17. The van der Waals surface area contributed by atoms with Gasteiger partial charge in [0.05, 0.1) is 11.2 Å². The molecular formula is C18H16FN3O2. The second-order valence-corrected chi connectivity index (χ2v) is 5.32. The largest absolute Gasteiger partial charge is 0.386 e. The molecule has 0 aliphatic carbocycles. The number of anilines is 2. The lowest BCUT2D eigenvalue weighted by molar-refractivity contribution is -0.114. The molecule has 122 valence electrons. The minimum Gasteiger partial charge on any atom is -0.386 e. The third-order valence-corrected chi connectivity index (χ3v) is 3.70. The first-order valence-electron chi connectivity index (χ1n) is 7.42. The molecule has 0 saturated carbocycles. The van der Waals surface area contributed by atoms with Crippen LogP contribution in [0.5, 0.6) is 0 Å². The molecule has 5 nitrogen and oxygen atoms in total. The van der Waals surface area contributed by atoms with Gasteiger partial charge in [0.15, 0.2) is 0 Å². The molecule has 0 saturated heterocycles. The molecule has 0 unspecified atom stereocenters. The number of halogens is 1. The number of para-hydroxylation sites is 1. The molecule has 0 spiro atoms. The molecular weight excluding hydrogens is 309 g/mol. The number of aromatic nitrogens is 1. The maximum atomic E-state index is 13.8. The molecule has 1 aromatic heterocycles. The van der Waals surface area contributed by atoms with E-state index in [0.717, 1.165) is 0 Å². The van der Waals surface area contributed by atoms with Crippen molar-refractivity contribution < 1.29 is 9.18 Å². The van der Waals surface area contributed by atoms with Crippen LogP contribution in [0.1, 0.15) is 6.92 Å². The maximum Gasteiger partial charge on any atom is 0.281 e. The summed E-state index contributed by atoms with van der Waals surface area (Å²) in [5.74, 6) is -0.800. The Labute approximate surface area is 137 Å². The van der Waals surface area contributed by atoms with E-state index in [1.807, 2.05) is 6.07 Å². The van der Waals surface area contributed by atoms with Crippen molar-refractivity contribution in [1.29, 1.82) is 0 Å². The summed E-state index contributed by atoms with van der Waals surface area (Å²) in [6.45, 7) is 1.33. The minimum atomic E-state index is -0.444. The maximum absolute atomic E-state index is 13.8. The summed E-state index contributed by atoms with van der Waals surface area (Å²) in [6.07, 6.45) is 0. The lowest BCUT2D eigenvalue weighted by atomic mass is 10.1. The molecule has 3 rings (SSSR count). The first-order chi connectivity index (χ1) is 11.5. The lowest BCUT2D eigenvalue weighted by Gasteiger charge is -2.18. The van der Waals surface area contributed by atoms with Crippen molar-refractivity contribution in [3.63, 3.8) is 0 Å². The summed E-state index contributed by atoms with van der Waals surface area (Å²) in [5, 5.41) is 6.14. The molecule has 0 bridgehead atoms. The Morgan fingerprint density at radius 2 is 1.79 bits per heavy atom. The fraction of sp³-hybridized carbons (Fsp3) is 0.111. The van der Waals surface area contributed by atoms with Gasteiger partial charge >= 0.3 is 0 Å². The van der Waals surface area contributed by atoms with Crippen molar-refractivity contribution in [2.45, 2.75) is 6.92 Å². The SMILES string of the molecule is CNc1c(NC(C)=O)c(=O)n(-c2ccccc2)c2cc(F)ccc12. The second kappa shape index (κ2) is 6.16. The first-order valence-corrected chi connectivity index (χ1v) is 7.42. The standard InChI is InChI=1S/C18H16FN3O2/c1-11(23)21-17-16(20-2)14-9-8-12(19)10-15(14)22(18(17)24)13-6-4-3-5-7-13/h3-10,20H,1-2H3,(H,21,23). The van der Waals surface area contributed by atoms with E-state index >= 15 is 0 Å². The van der Waals surface area contributed by atoms with Crippen LogP contribution in [0.3, 0.4) is 0 Å². The highest BCUT2D eigenvalue weighted by atomic mass is 19.1. The Hall–Kier alpha value is -3.15. The summed E-state index contributed by atoms with van der Waals surface area (Å²) in [6, 6.07) is 13.1. The summed E-state index contributed by atoms with van der Waals surface area (Å²) < 4.78 is 15.2. The molecule has 0 fully saturated rings. The van der Waals surface area contributed by atoms with Gasteiger partial charge in [-0.2, -0.15) is 0 Å². The zero-order valence-corrected chi connectivity index (χ0v) is 13.3. The quantitative estimate of drug-likeness (QED) is 0.778. The first kappa shape index (κ1) is 15.7.